The molecule has 3 rings (SSSR count). The molecule has 0 bridgehead atoms. The van der Waals surface area contributed by atoms with Crippen molar-refractivity contribution < 1.29 is 9.90 Å². The van der Waals surface area contributed by atoms with E-state index in [1.807, 2.05) is 6.07 Å². The van der Waals surface area contributed by atoms with Crippen molar-refractivity contribution in [3.63, 3.8) is 0 Å². The molecule has 1 aromatic carbocycles. The van der Waals surface area contributed by atoms with Gasteiger partial charge in [0.1, 0.15) is 0 Å². The first-order valence-electron chi connectivity index (χ1n) is 6.73. The summed E-state index contributed by atoms with van der Waals surface area (Å²) in [7, 11) is 0. The van der Waals surface area contributed by atoms with Gasteiger partial charge in [-0.1, -0.05) is 24.3 Å². The fraction of sp³-hybridized carbons (Fsp3) is 0.533. The summed E-state index contributed by atoms with van der Waals surface area (Å²) in [4.78, 5) is 11.0. The maximum absolute atomic E-state index is 11.0. The zero-order valence-corrected chi connectivity index (χ0v) is 10.5. The highest BCUT2D eigenvalue weighted by atomic mass is 16.4. The fourth-order valence-corrected chi connectivity index (χ4v) is 3.80. The van der Waals surface area contributed by atoms with Crippen LogP contribution in [-0.4, -0.2) is 24.2 Å². The van der Waals surface area contributed by atoms with Crippen molar-refractivity contribution in [2.24, 2.45) is 0 Å². The molecular weight excluding hydrogens is 226 g/mol. The highest BCUT2D eigenvalue weighted by Crippen LogP contribution is 2.51. The number of rotatable bonds is 2. The number of carboxylic acids is 1. The van der Waals surface area contributed by atoms with E-state index >= 15 is 0 Å². The number of benzene rings is 1. The van der Waals surface area contributed by atoms with Crippen LogP contribution in [0.5, 0.6) is 0 Å². The number of piperidine rings is 1. The molecule has 1 heterocycles. The Morgan fingerprint density at radius 2 is 2.06 bits per heavy atom. The normalized spacial score (nSPS) is 25.0. The molecule has 0 amide bonds. The van der Waals surface area contributed by atoms with Gasteiger partial charge in [0.25, 0.3) is 0 Å². The predicted octanol–water partition coefficient (Wildman–Crippen LogP) is 2.27. The van der Waals surface area contributed by atoms with Crippen molar-refractivity contribution in [2.45, 2.75) is 37.0 Å². The molecule has 1 aliphatic carbocycles. The van der Waals surface area contributed by atoms with Crippen LogP contribution >= 0.6 is 0 Å². The van der Waals surface area contributed by atoms with Gasteiger partial charge < -0.3 is 10.4 Å². The summed E-state index contributed by atoms with van der Waals surface area (Å²) in [5.41, 5.74) is 2.93. The van der Waals surface area contributed by atoms with Crippen LogP contribution in [0.1, 0.15) is 42.7 Å². The van der Waals surface area contributed by atoms with Crippen molar-refractivity contribution in [3.05, 3.63) is 35.4 Å². The van der Waals surface area contributed by atoms with Crippen LogP contribution in [0.15, 0.2) is 24.3 Å². The van der Waals surface area contributed by atoms with Gasteiger partial charge in [0.05, 0.1) is 6.42 Å². The molecule has 2 aliphatic rings. The lowest BCUT2D eigenvalue weighted by atomic mass is 9.74. The van der Waals surface area contributed by atoms with E-state index in [-0.39, 0.29) is 17.8 Å². The first-order chi connectivity index (χ1) is 8.71. The molecule has 96 valence electrons. The van der Waals surface area contributed by atoms with Crippen molar-refractivity contribution in [1.29, 1.82) is 0 Å². The second kappa shape index (κ2) is 4.39. The zero-order valence-electron chi connectivity index (χ0n) is 10.5. The number of carboxylic acid groups (broad SMARTS) is 1. The van der Waals surface area contributed by atoms with Crippen LogP contribution in [0, 0.1) is 0 Å². The summed E-state index contributed by atoms with van der Waals surface area (Å²) in [6.07, 6.45) is 3.56. The SMILES string of the molecule is O=C(O)CC1CC2(CCNCC2)c2ccccc21. The van der Waals surface area contributed by atoms with Crippen molar-refractivity contribution in [2.75, 3.05) is 13.1 Å². The van der Waals surface area contributed by atoms with Gasteiger partial charge in [-0.3, -0.25) is 4.79 Å². The third-order valence-electron chi connectivity index (χ3n) is 4.59. The van der Waals surface area contributed by atoms with Gasteiger partial charge in [0.15, 0.2) is 0 Å². The quantitative estimate of drug-likeness (QED) is 0.840. The summed E-state index contributed by atoms with van der Waals surface area (Å²) in [6, 6.07) is 8.46. The minimum atomic E-state index is -0.680. The van der Waals surface area contributed by atoms with Gasteiger partial charge >= 0.3 is 5.97 Å². The average Bonchev–Trinajstić information content (AvgIpc) is 2.65. The Morgan fingerprint density at radius 1 is 1.33 bits per heavy atom. The van der Waals surface area contributed by atoms with Crippen LogP contribution in [0.3, 0.4) is 0 Å². The van der Waals surface area contributed by atoms with E-state index in [1.165, 1.54) is 11.1 Å². The second-order valence-corrected chi connectivity index (χ2v) is 5.62. The van der Waals surface area contributed by atoms with E-state index in [4.69, 9.17) is 5.11 Å². The molecular formula is C15H19NO2. The highest BCUT2D eigenvalue weighted by Gasteiger charge is 2.44. The predicted molar refractivity (Wildman–Crippen MR) is 69.8 cm³/mol. The number of fused-ring (bicyclic) bond motifs is 2. The van der Waals surface area contributed by atoms with Gasteiger partial charge in [-0.05, 0) is 54.8 Å². The number of hydrogen-bond acceptors (Lipinski definition) is 2. The number of carbonyl (C=O) groups is 1. The Kier molecular flexibility index (Phi) is 2.86. The zero-order chi connectivity index (χ0) is 12.6. The molecule has 1 saturated heterocycles. The smallest absolute Gasteiger partial charge is 0.303 e. The molecule has 2 N–H and O–H groups in total. The molecule has 3 nitrogen and oxygen atoms in total. The second-order valence-electron chi connectivity index (χ2n) is 5.62. The molecule has 0 aromatic heterocycles. The summed E-state index contributed by atoms with van der Waals surface area (Å²) < 4.78 is 0. The lowest BCUT2D eigenvalue weighted by Crippen LogP contribution is -2.38. The molecule has 0 radical (unpaired) electrons. The van der Waals surface area contributed by atoms with Crippen molar-refractivity contribution in [3.8, 4) is 0 Å². The number of nitrogens with one attached hydrogen (secondary N) is 1. The monoisotopic (exact) mass is 245 g/mol. The largest absolute Gasteiger partial charge is 0.481 e. The van der Waals surface area contributed by atoms with Crippen LogP contribution in [0.4, 0.5) is 0 Å². The van der Waals surface area contributed by atoms with Gasteiger partial charge in [-0.2, -0.15) is 0 Å². The van der Waals surface area contributed by atoms with E-state index in [1.54, 1.807) is 0 Å². The Hall–Kier alpha value is -1.35. The summed E-state index contributed by atoms with van der Waals surface area (Å²) in [5, 5.41) is 12.5. The molecule has 18 heavy (non-hydrogen) atoms. The topological polar surface area (TPSA) is 49.3 Å². The maximum Gasteiger partial charge on any atom is 0.303 e. The number of hydrogen-bond donors (Lipinski definition) is 2. The van der Waals surface area contributed by atoms with Crippen molar-refractivity contribution >= 4 is 5.97 Å². The number of aliphatic carboxylic acids is 1. The third-order valence-corrected chi connectivity index (χ3v) is 4.59. The van der Waals surface area contributed by atoms with Gasteiger partial charge in [0, 0.05) is 0 Å². The van der Waals surface area contributed by atoms with Crippen LogP contribution < -0.4 is 5.32 Å². The van der Waals surface area contributed by atoms with Crippen LogP contribution in [0.2, 0.25) is 0 Å². The molecule has 1 spiro atoms. The van der Waals surface area contributed by atoms with Gasteiger partial charge in [0.2, 0.25) is 0 Å². The van der Waals surface area contributed by atoms with E-state index < -0.39 is 5.97 Å². The van der Waals surface area contributed by atoms with Gasteiger partial charge in [-0.15, -0.1) is 0 Å². The summed E-state index contributed by atoms with van der Waals surface area (Å²) >= 11 is 0. The highest BCUT2D eigenvalue weighted by molar-refractivity contribution is 5.68. The van der Waals surface area contributed by atoms with E-state index in [0.717, 1.165) is 32.4 Å². The Balaban J connectivity index is 1.98. The Bertz CT molecular complexity index is 463. The minimum absolute atomic E-state index is 0.205. The van der Waals surface area contributed by atoms with E-state index in [9.17, 15) is 4.79 Å². The molecule has 1 atom stereocenters. The molecule has 3 heteroatoms. The van der Waals surface area contributed by atoms with E-state index in [0.29, 0.717) is 0 Å². The standard InChI is InChI=1S/C15H19NO2/c17-14(18)9-11-10-15(5-7-16-8-6-15)13-4-2-1-3-12(11)13/h1-4,11,16H,5-10H2,(H,17,18). The Labute approximate surface area is 107 Å². The van der Waals surface area contributed by atoms with Crippen LogP contribution in [0.25, 0.3) is 0 Å². The molecule has 0 saturated carbocycles. The lowest BCUT2D eigenvalue weighted by molar-refractivity contribution is -0.137. The first-order valence-corrected chi connectivity index (χ1v) is 6.73. The third kappa shape index (κ3) is 1.83. The molecule has 1 aliphatic heterocycles. The average molecular weight is 245 g/mol. The van der Waals surface area contributed by atoms with Crippen LogP contribution in [-0.2, 0) is 10.2 Å². The van der Waals surface area contributed by atoms with Crippen molar-refractivity contribution in [1.82, 2.24) is 5.32 Å². The van der Waals surface area contributed by atoms with Gasteiger partial charge in [-0.25, -0.2) is 0 Å². The Morgan fingerprint density at radius 3 is 2.78 bits per heavy atom. The summed E-state index contributed by atoms with van der Waals surface area (Å²) in [6.45, 7) is 2.10. The lowest BCUT2D eigenvalue weighted by Gasteiger charge is -2.35. The maximum atomic E-state index is 11.0. The first kappa shape index (κ1) is 11.7. The fourth-order valence-electron chi connectivity index (χ4n) is 3.80. The molecule has 1 aromatic rings. The van der Waals surface area contributed by atoms with E-state index in [2.05, 4.69) is 23.5 Å². The summed E-state index contributed by atoms with van der Waals surface area (Å²) in [5.74, 6) is -0.474. The molecule has 1 fully saturated rings. The molecule has 1 unspecified atom stereocenters. The minimum Gasteiger partial charge on any atom is -0.481 e.